The second-order valence-corrected chi connectivity index (χ2v) is 22.5. The van der Waals surface area contributed by atoms with E-state index in [4.69, 9.17) is 14.5 Å². The highest BCUT2D eigenvalue weighted by Crippen LogP contribution is 2.46. The van der Waals surface area contributed by atoms with Crippen molar-refractivity contribution in [3.05, 3.63) is 106 Å². The Labute approximate surface area is 410 Å². The minimum atomic E-state index is -4.61. The van der Waals surface area contributed by atoms with Crippen LogP contribution in [0.4, 0.5) is 28.4 Å². The molecule has 5 aromatic rings. The highest BCUT2D eigenvalue weighted by Gasteiger charge is 2.42. The van der Waals surface area contributed by atoms with Crippen molar-refractivity contribution in [1.29, 1.82) is 0 Å². The van der Waals surface area contributed by atoms with Gasteiger partial charge in [-0.2, -0.15) is 4.98 Å². The Balaban J connectivity index is 0.930. The standard InChI is InChI=1S/C53H66N8O8S/c1-34(2)40-8-4-5-9-41(40)44-10-6-7-24-59(44)32-36-18-25-58(26-19-36)38-11-13-42(46(29-38)60-45-20-27-68-33-49(45)69-52-48(60)28-37-17-23-54-50(37)56-52)51(62)57-70(66,67)39-12-14-43(47(30-39)61(64)65)55-31-35-15-21-53(3,63)22-16-35/h4-5,8-9,11-14,17,23,28-30,34-36,44-45,49,55,63H,6-7,10,15-16,18-22,24-27,31-33H2,1-3H3,(H,54,56)(H,57,62)/t35-,44-,45+,49+,53-/m1/s1. The van der Waals surface area contributed by atoms with Gasteiger partial charge in [-0.05, 0) is 143 Å². The first-order valence-corrected chi connectivity index (χ1v) is 26.7. The van der Waals surface area contributed by atoms with Crippen molar-refractivity contribution < 1.29 is 32.7 Å². The van der Waals surface area contributed by atoms with Crippen LogP contribution in [0, 0.1) is 22.0 Å². The van der Waals surface area contributed by atoms with Crippen molar-refractivity contribution in [3.8, 4) is 5.88 Å². The van der Waals surface area contributed by atoms with Crippen molar-refractivity contribution in [2.45, 2.75) is 120 Å². The Morgan fingerprint density at radius 2 is 1.76 bits per heavy atom. The first-order valence-electron chi connectivity index (χ1n) is 25.3. The van der Waals surface area contributed by atoms with Crippen molar-refractivity contribution in [3.63, 3.8) is 0 Å². The molecule has 4 aliphatic heterocycles. The van der Waals surface area contributed by atoms with E-state index in [0.717, 1.165) is 69.0 Å². The molecule has 0 spiro atoms. The van der Waals surface area contributed by atoms with Gasteiger partial charge in [0.1, 0.15) is 23.1 Å². The number of sulfonamides is 1. The molecule has 0 radical (unpaired) electrons. The number of aliphatic hydroxyl groups is 1. The summed E-state index contributed by atoms with van der Waals surface area (Å²) in [5.41, 5.74) is 4.79. The van der Waals surface area contributed by atoms with E-state index in [9.17, 15) is 28.4 Å². The average Bonchev–Trinajstić information content (AvgIpc) is 3.82. The van der Waals surface area contributed by atoms with E-state index < -0.39 is 43.1 Å². The van der Waals surface area contributed by atoms with Crippen molar-refractivity contribution in [1.82, 2.24) is 19.6 Å². The molecule has 17 heteroatoms. The van der Waals surface area contributed by atoms with Gasteiger partial charge in [-0.25, -0.2) is 13.1 Å². The molecule has 10 rings (SSSR count). The molecule has 16 nitrogen and oxygen atoms in total. The highest BCUT2D eigenvalue weighted by molar-refractivity contribution is 7.90. The maximum Gasteiger partial charge on any atom is 0.293 e. The number of fused-ring (bicyclic) bond motifs is 3. The van der Waals surface area contributed by atoms with E-state index in [-0.39, 0.29) is 23.2 Å². The van der Waals surface area contributed by atoms with Crippen molar-refractivity contribution in [2.75, 3.05) is 61.1 Å². The van der Waals surface area contributed by atoms with Crippen LogP contribution in [0.2, 0.25) is 0 Å². The lowest BCUT2D eigenvalue weighted by molar-refractivity contribution is -0.384. The summed E-state index contributed by atoms with van der Waals surface area (Å²) in [6, 6.07) is 22.2. The van der Waals surface area contributed by atoms with E-state index in [1.807, 2.05) is 37.4 Å². The third kappa shape index (κ3) is 9.94. The molecule has 1 saturated carbocycles. The zero-order chi connectivity index (χ0) is 48.7. The maximum absolute atomic E-state index is 14.7. The SMILES string of the molecule is CC(C)c1ccccc1[C@H]1CCCCN1CC1CCN(c2ccc(C(=O)NS(=O)(=O)c3ccc(NC[C@H]4CC[C@](C)(O)CC4)c([N+](=O)[O-])c3)c(N3c4cc5cc[nH]c5nc4O[C@H]4COCC[C@@H]43)c2)CC1. The van der Waals surface area contributed by atoms with Crippen LogP contribution in [-0.4, -0.2) is 103 Å². The molecule has 0 unspecified atom stereocenters. The molecule has 4 fully saturated rings. The molecule has 1 aliphatic carbocycles. The van der Waals surface area contributed by atoms with Crippen molar-refractivity contribution in [2.24, 2.45) is 11.8 Å². The van der Waals surface area contributed by atoms with E-state index in [2.05, 4.69) is 67.8 Å². The summed E-state index contributed by atoms with van der Waals surface area (Å²) >= 11 is 0. The maximum atomic E-state index is 14.7. The molecule has 372 valence electrons. The molecule has 3 atom stereocenters. The lowest BCUT2D eigenvalue weighted by atomic mass is 9.80. The van der Waals surface area contributed by atoms with Crippen LogP contribution in [0.15, 0.2) is 83.9 Å². The third-order valence-electron chi connectivity index (χ3n) is 15.6. The Morgan fingerprint density at radius 1 is 0.957 bits per heavy atom. The van der Waals surface area contributed by atoms with Crippen LogP contribution in [0.5, 0.6) is 5.88 Å². The zero-order valence-electron chi connectivity index (χ0n) is 40.4. The lowest BCUT2D eigenvalue weighted by Crippen LogP contribution is -2.53. The quantitative estimate of drug-likeness (QED) is 0.0645. The Bertz CT molecular complexity index is 2830. The van der Waals surface area contributed by atoms with Gasteiger partial charge in [-0.3, -0.25) is 19.8 Å². The lowest BCUT2D eigenvalue weighted by Gasteiger charge is -2.45. The number of aromatic amines is 1. The number of amides is 1. The summed E-state index contributed by atoms with van der Waals surface area (Å²) in [5.74, 6) is 0.686. The number of aromatic nitrogens is 2. The Morgan fingerprint density at radius 3 is 2.54 bits per heavy atom. The van der Waals surface area contributed by atoms with Crippen LogP contribution in [0.3, 0.4) is 0 Å². The monoisotopic (exact) mass is 974 g/mol. The number of H-pyrrole nitrogens is 1. The molecular formula is C53H66N8O8S. The summed E-state index contributed by atoms with van der Waals surface area (Å²) in [5, 5.41) is 26.7. The number of carbonyl (C=O) groups excluding carboxylic acids is 1. The number of nitro groups is 1. The first-order chi connectivity index (χ1) is 33.7. The Hall–Kier alpha value is -5.75. The smallest absolute Gasteiger partial charge is 0.293 e. The predicted molar refractivity (Wildman–Crippen MR) is 271 cm³/mol. The van der Waals surface area contributed by atoms with Crippen LogP contribution < -0.4 is 24.6 Å². The van der Waals surface area contributed by atoms with Crippen LogP contribution in [0.1, 0.15) is 118 Å². The van der Waals surface area contributed by atoms with Crippen molar-refractivity contribution >= 4 is 55.4 Å². The molecule has 1 amide bonds. The predicted octanol–water partition coefficient (Wildman–Crippen LogP) is 9.20. The van der Waals surface area contributed by atoms with E-state index in [1.54, 1.807) is 6.07 Å². The minimum Gasteiger partial charge on any atom is -0.468 e. The van der Waals surface area contributed by atoms with E-state index in [0.29, 0.717) is 79.8 Å². The van der Waals surface area contributed by atoms with Gasteiger partial charge >= 0.3 is 0 Å². The number of carbonyl (C=O) groups is 1. The number of nitro benzene ring substituents is 1. The Kier molecular flexibility index (Phi) is 13.6. The largest absolute Gasteiger partial charge is 0.468 e. The molecule has 3 saturated heterocycles. The van der Waals surface area contributed by atoms with Gasteiger partial charge in [0.05, 0.1) is 39.3 Å². The molecule has 6 heterocycles. The summed E-state index contributed by atoms with van der Waals surface area (Å²) in [7, 11) is -4.61. The number of hydrogen-bond acceptors (Lipinski definition) is 13. The molecule has 3 aromatic carbocycles. The van der Waals surface area contributed by atoms with Gasteiger partial charge in [0, 0.05) is 62.2 Å². The van der Waals surface area contributed by atoms with E-state index >= 15 is 0 Å². The summed E-state index contributed by atoms with van der Waals surface area (Å²) < 4.78 is 43.0. The van der Waals surface area contributed by atoms with Gasteiger partial charge in [-0.15, -0.1) is 0 Å². The summed E-state index contributed by atoms with van der Waals surface area (Å²) in [6.45, 7) is 11.4. The number of nitrogens with zero attached hydrogens (tertiary/aromatic N) is 5. The fourth-order valence-corrected chi connectivity index (χ4v) is 12.6. The molecular weight excluding hydrogens is 909 g/mol. The van der Waals surface area contributed by atoms with E-state index in [1.165, 1.54) is 42.5 Å². The molecule has 4 N–H and O–H groups in total. The molecule has 2 aromatic heterocycles. The summed E-state index contributed by atoms with van der Waals surface area (Å²) in [6.07, 6.45) is 10.4. The van der Waals surface area contributed by atoms with Gasteiger partial charge < -0.3 is 34.7 Å². The molecule has 70 heavy (non-hydrogen) atoms. The number of hydrogen-bond donors (Lipinski definition) is 4. The van der Waals surface area contributed by atoms with Crippen LogP contribution >= 0.6 is 0 Å². The summed E-state index contributed by atoms with van der Waals surface area (Å²) in [4.78, 5) is 41.2. The van der Waals surface area contributed by atoms with Gasteiger partial charge in [-0.1, -0.05) is 44.5 Å². The first kappa shape index (κ1) is 47.9. The highest BCUT2D eigenvalue weighted by atomic mass is 32.2. The number of nitrogens with one attached hydrogen (secondary N) is 3. The second-order valence-electron chi connectivity index (χ2n) is 20.8. The van der Waals surface area contributed by atoms with Crippen LogP contribution in [-0.2, 0) is 14.8 Å². The van der Waals surface area contributed by atoms with Crippen LogP contribution in [0.25, 0.3) is 11.0 Å². The topological polar surface area (TPSA) is 196 Å². The molecule has 0 bridgehead atoms. The number of likely N-dealkylation sites (tertiary alicyclic amines) is 1. The number of pyridine rings is 1. The second kappa shape index (κ2) is 19.8. The molecule has 5 aliphatic rings. The fraction of sp³-hybridized carbons (Fsp3) is 0.509. The number of piperidine rings is 2. The number of rotatable bonds is 13. The third-order valence-corrected chi connectivity index (χ3v) is 16.9. The number of benzene rings is 3. The fourth-order valence-electron chi connectivity index (χ4n) is 11.6. The average molecular weight is 975 g/mol. The number of anilines is 4. The van der Waals surface area contributed by atoms with Gasteiger partial charge in [0.25, 0.3) is 21.6 Å². The van der Waals surface area contributed by atoms with Gasteiger partial charge in [0.15, 0.2) is 0 Å². The zero-order valence-corrected chi connectivity index (χ0v) is 41.3. The normalized spacial score (nSPS) is 24.5. The van der Waals surface area contributed by atoms with Gasteiger partial charge in [0.2, 0.25) is 5.88 Å². The minimum absolute atomic E-state index is 0.117. The number of ether oxygens (including phenoxy) is 2.